The Morgan fingerprint density at radius 1 is 0.927 bits per heavy atom. The van der Waals surface area contributed by atoms with E-state index in [4.69, 9.17) is 10.5 Å². The molecule has 1 saturated carbocycles. The third-order valence-electron chi connectivity index (χ3n) is 6.11. The number of para-hydroxylation sites is 1. The average Bonchev–Trinajstić information content (AvgIpc) is 3.64. The number of rotatable bonds is 4. The van der Waals surface area contributed by atoms with Gasteiger partial charge >= 0.3 is 6.03 Å². The number of hydrogen-bond donors (Lipinski definition) is 3. The van der Waals surface area contributed by atoms with Crippen LogP contribution in [0.4, 0.5) is 21.9 Å². The highest BCUT2D eigenvalue weighted by atomic mass is 32.1. The smallest absolute Gasteiger partial charge is 0.331 e. The van der Waals surface area contributed by atoms with Crippen molar-refractivity contribution in [2.24, 2.45) is 11.5 Å². The van der Waals surface area contributed by atoms with Gasteiger partial charge in [-0.15, -0.1) is 11.3 Å². The maximum absolute atomic E-state index is 13.0. The van der Waals surface area contributed by atoms with Crippen LogP contribution in [0, 0.1) is 6.92 Å². The SMILES string of the molecule is C1CCCC1.CC.CC(N)=O.Cc1cc(Oc2ccccc2)ccc1N1C(=O)Nc2c(C(N)=O)sc3nccc1c23. The summed E-state index contributed by atoms with van der Waals surface area (Å²) in [6, 6.07) is 16.4. The van der Waals surface area contributed by atoms with E-state index in [0.717, 1.165) is 11.3 Å². The second-order valence-electron chi connectivity index (χ2n) is 9.19. The molecule has 1 fully saturated rings. The van der Waals surface area contributed by atoms with E-state index in [-0.39, 0.29) is 11.9 Å². The molecule has 2 aromatic heterocycles. The highest BCUT2D eigenvalue weighted by Crippen LogP contribution is 2.46. The quantitative estimate of drug-likeness (QED) is 0.229. The molecule has 0 radical (unpaired) electrons. The largest absolute Gasteiger partial charge is 0.457 e. The van der Waals surface area contributed by atoms with E-state index in [1.165, 1.54) is 50.4 Å². The first-order chi connectivity index (χ1) is 19.8. The molecule has 0 atom stereocenters. The van der Waals surface area contributed by atoms with Crippen LogP contribution in [-0.2, 0) is 4.79 Å². The van der Waals surface area contributed by atoms with E-state index in [9.17, 15) is 14.4 Å². The van der Waals surface area contributed by atoms with Crippen molar-refractivity contribution in [3.63, 3.8) is 0 Å². The molecule has 4 amide bonds. The zero-order chi connectivity index (χ0) is 29.9. The summed E-state index contributed by atoms with van der Waals surface area (Å²) in [4.78, 5) is 40.9. The molecule has 0 saturated heterocycles. The summed E-state index contributed by atoms with van der Waals surface area (Å²) in [5.74, 6) is 0.483. The van der Waals surface area contributed by atoms with Crippen LogP contribution in [0.1, 0.15) is 68.1 Å². The number of thiophene rings is 1. The molecular formula is C31H37N5O4S. The van der Waals surface area contributed by atoms with Gasteiger partial charge in [-0.2, -0.15) is 0 Å². The van der Waals surface area contributed by atoms with E-state index < -0.39 is 5.91 Å². The first kappa shape index (κ1) is 31.1. The number of ether oxygens (including phenoxy) is 1. The van der Waals surface area contributed by atoms with Crippen LogP contribution in [0.2, 0.25) is 0 Å². The number of urea groups is 1. The van der Waals surface area contributed by atoms with Crippen molar-refractivity contribution in [1.29, 1.82) is 0 Å². The summed E-state index contributed by atoms with van der Waals surface area (Å²) in [7, 11) is 0. The fourth-order valence-corrected chi connectivity index (χ4v) is 5.42. The van der Waals surface area contributed by atoms with Crippen molar-refractivity contribution in [2.45, 2.75) is 59.8 Å². The molecule has 4 aromatic rings. The molecule has 216 valence electrons. The van der Waals surface area contributed by atoms with Crippen molar-refractivity contribution in [1.82, 2.24) is 4.98 Å². The maximum atomic E-state index is 13.0. The Labute approximate surface area is 244 Å². The summed E-state index contributed by atoms with van der Waals surface area (Å²) >= 11 is 1.17. The monoisotopic (exact) mass is 575 g/mol. The van der Waals surface area contributed by atoms with Crippen LogP contribution >= 0.6 is 11.3 Å². The van der Waals surface area contributed by atoms with Gasteiger partial charge in [0, 0.05) is 13.1 Å². The first-order valence-corrected chi connectivity index (χ1v) is 14.5. The Morgan fingerprint density at radius 3 is 2.10 bits per heavy atom. The molecule has 0 spiro atoms. The summed E-state index contributed by atoms with van der Waals surface area (Å²) < 4.78 is 5.89. The molecule has 5 N–H and O–H groups in total. The van der Waals surface area contributed by atoms with Crippen LogP contribution in [0.25, 0.3) is 10.2 Å². The molecule has 41 heavy (non-hydrogen) atoms. The zero-order valence-corrected chi connectivity index (χ0v) is 24.7. The zero-order valence-electron chi connectivity index (χ0n) is 23.9. The van der Waals surface area contributed by atoms with Crippen LogP contribution in [-0.4, -0.2) is 22.8 Å². The van der Waals surface area contributed by atoms with E-state index in [2.05, 4.69) is 16.0 Å². The minimum absolute atomic E-state index is 0.293. The van der Waals surface area contributed by atoms with Gasteiger partial charge in [-0.1, -0.05) is 64.2 Å². The fraction of sp³-hybridized carbons (Fsp3) is 0.290. The standard InChI is InChI=1S/C22H16N4O3S.C5H10.C2H5NO.C2H6/c1-12-11-14(29-13-5-3-2-4-6-13)7-8-15(12)26-16-9-10-24-21-17(16)18(25-22(26)28)19(30-21)20(23)27;1-2-4-5-3-1;1-2(3)4;1-2/h2-11H,1H3,(H2,23,27)(H,25,28);1-5H2;1H3,(H2,3,4);1-2H3. The highest BCUT2D eigenvalue weighted by Gasteiger charge is 2.32. The van der Waals surface area contributed by atoms with Crippen LogP contribution in [0.15, 0.2) is 60.8 Å². The van der Waals surface area contributed by atoms with Crippen molar-refractivity contribution < 1.29 is 19.1 Å². The minimum Gasteiger partial charge on any atom is -0.457 e. The topological polar surface area (TPSA) is 141 Å². The molecule has 0 unspecified atom stereocenters. The van der Waals surface area contributed by atoms with Crippen molar-refractivity contribution in [2.75, 3.05) is 10.2 Å². The third kappa shape index (κ3) is 7.82. The second kappa shape index (κ2) is 14.8. The van der Waals surface area contributed by atoms with Gasteiger partial charge in [-0.3, -0.25) is 14.5 Å². The number of anilines is 3. The number of pyridine rings is 1. The number of aromatic nitrogens is 1. The molecule has 3 heterocycles. The average molecular weight is 576 g/mol. The number of benzene rings is 2. The predicted octanol–water partition coefficient (Wildman–Crippen LogP) is 7.65. The van der Waals surface area contributed by atoms with Gasteiger partial charge in [0.05, 0.1) is 22.4 Å². The van der Waals surface area contributed by atoms with Crippen LogP contribution in [0.5, 0.6) is 11.5 Å². The van der Waals surface area contributed by atoms with E-state index >= 15 is 0 Å². The number of carbonyl (C=O) groups excluding carboxylic acids is 3. The normalized spacial score (nSPS) is 13.0. The Hall–Kier alpha value is -4.44. The van der Waals surface area contributed by atoms with Gasteiger partial charge in [0.2, 0.25) is 5.91 Å². The number of carbonyl (C=O) groups is 3. The fourth-order valence-electron chi connectivity index (χ4n) is 4.45. The lowest BCUT2D eigenvalue weighted by atomic mass is 10.1. The minimum atomic E-state index is -0.591. The lowest BCUT2D eigenvalue weighted by Crippen LogP contribution is -2.34. The van der Waals surface area contributed by atoms with Gasteiger partial charge in [0.15, 0.2) is 0 Å². The van der Waals surface area contributed by atoms with E-state index in [0.29, 0.717) is 37.9 Å². The maximum Gasteiger partial charge on any atom is 0.331 e. The summed E-state index contributed by atoms with van der Waals surface area (Å²) in [6.07, 6.45) is 9.12. The molecule has 6 rings (SSSR count). The Kier molecular flexibility index (Phi) is 11.2. The number of nitrogens with two attached hydrogens (primary N) is 2. The van der Waals surface area contributed by atoms with Gasteiger partial charge in [0.1, 0.15) is 21.2 Å². The molecule has 0 bridgehead atoms. The number of amides is 4. The molecule has 1 aliphatic heterocycles. The first-order valence-electron chi connectivity index (χ1n) is 13.7. The predicted molar refractivity (Wildman–Crippen MR) is 166 cm³/mol. The highest BCUT2D eigenvalue weighted by molar-refractivity contribution is 7.21. The Bertz CT molecular complexity index is 1490. The summed E-state index contributed by atoms with van der Waals surface area (Å²) in [5, 5.41) is 3.52. The number of nitrogens with zero attached hydrogens (tertiary/aromatic N) is 2. The molecule has 2 aromatic carbocycles. The summed E-state index contributed by atoms with van der Waals surface area (Å²) in [6.45, 7) is 7.22. The van der Waals surface area contributed by atoms with Crippen molar-refractivity contribution in [3.05, 3.63) is 71.2 Å². The van der Waals surface area contributed by atoms with E-state index in [1.54, 1.807) is 17.2 Å². The number of primary amides is 2. The van der Waals surface area contributed by atoms with Crippen molar-refractivity contribution in [3.8, 4) is 11.5 Å². The third-order valence-corrected chi connectivity index (χ3v) is 7.22. The lowest BCUT2D eigenvalue weighted by Gasteiger charge is -2.29. The Morgan fingerprint density at radius 2 is 1.54 bits per heavy atom. The molecule has 2 aliphatic rings. The van der Waals surface area contributed by atoms with E-state index in [1.807, 2.05) is 69.3 Å². The summed E-state index contributed by atoms with van der Waals surface area (Å²) in [5.41, 5.74) is 12.6. The second-order valence-corrected chi connectivity index (χ2v) is 10.2. The van der Waals surface area contributed by atoms with Gasteiger partial charge in [0.25, 0.3) is 5.91 Å². The van der Waals surface area contributed by atoms with Gasteiger partial charge < -0.3 is 21.5 Å². The number of aryl methyl sites for hydroxylation is 1. The van der Waals surface area contributed by atoms with Gasteiger partial charge in [-0.05, 0) is 48.9 Å². The van der Waals surface area contributed by atoms with Gasteiger partial charge in [-0.25, -0.2) is 9.78 Å². The molecular weight excluding hydrogens is 538 g/mol. The Balaban J connectivity index is 0.000000359. The molecule has 10 heteroatoms. The number of nitrogens with one attached hydrogen (secondary N) is 1. The van der Waals surface area contributed by atoms with Crippen LogP contribution in [0.3, 0.4) is 0 Å². The van der Waals surface area contributed by atoms with Crippen molar-refractivity contribution >= 4 is 56.5 Å². The lowest BCUT2D eigenvalue weighted by molar-refractivity contribution is -0.115. The molecule has 1 aliphatic carbocycles. The van der Waals surface area contributed by atoms with Crippen LogP contribution < -0.4 is 26.4 Å². The molecule has 9 nitrogen and oxygen atoms in total. The number of hydrogen-bond acceptors (Lipinski definition) is 6.